The van der Waals surface area contributed by atoms with Crippen molar-refractivity contribution >= 4 is 11.7 Å². The van der Waals surface area contributed by atoms with E-state index in [-0.39, 0.29) is 24.0 Å². The first-order chi connectivity index (χ1) is 8.97. The predicted octanol–water partition coefficient (Wildman–Crippen LogP) is 2.71. The van der Waals surface area contributed by atoms with Crippen LogP contribution in [0.25, 0.3) is 11.7 Å². The van der Waals surface area contributed by atoms with E-state index in [9.17, 15) is 13.2 Å². The molecule has 1 aliphatic carbocycles. The maximum Gasteiger partial charge on any atom is 0.412 e. The fourth-order valence-electron chi connectivity index (χ4n) is 2.26. The van der Waals surface area contributed by atoms with Crippen LogP contribution in [0.3, 0.4) is 0 Å². The van der Waals surface area contributed by atoms with E-state index in [2.05, 4.69) is 4.98 Å². The molecule has 19 heavy (non-hydrogen) atoms. The molecule has 0 radical (unpaired) electrons. The minimum atomic E-state index is -4.32. The molecule has 0 spiro atoms. The normalized spacial score (nSPS) is 15.2. The third-order valence-corrected chi connectivity index (χ3v) is 3.23. The van der Waals surface area contributed by atoms with Crippen molar-refractivity contribution in [3.63, 3.8) is 0 Å². The first-order valence-corrected chi connectivity index (χ1v) is 5.79. The molecule has 0 aromatic carbocycles. The summed E-state index contributed by atoms with van der Waals surface area (Å²) in [5.74, 6) is 0. The van der Waals surface area contributed by atoms with Crippen molar-refractivity contribution in [3.05, 3.63) is 46.7 Å². The maximum absolute atomic E-state index is 12.7. The highest BCUT2D eigenvalue weighted by Crippen LogP contribution is 2.33. The molecule has 0 unspecified atom stereocenters. The Labute approximate surface area is 106 Å². The summed E-state index contributed by atoms with van der Waals surface area (Å²) in [5, 5.41) is 8.05. The number of hydrogen-bond donors (Lipinski definition) is 1. The molecule has 0 bridgehead atoms. The standard InChI is InChI=1S/C13H10F3N3/c14-13(15,16)8-4-5-9-10(7-8)18-11-3-1-2-6-19(11)12(9)17/h1-3,6-7,17H,4-5H2. The van der Waals surface area contributed by atoms with Gasteiger partial charge >= 0.3 is 6.18 Å². The zero-order valence-corrected chi connectivity index (χ0v) is 9.83. The van der Waals surface area contributed by atoms with Crippen LogP contribution in [0.2, 0.25) is 0 Å². The number of halogens is 3. The lowest BCUT2D eigenvalue weighted by molar-refractivity contribution is -0.0931. The van der Waals surface area contributed by atoms with Gasteiger partial charge in [-0.1, -0.05) is 6.07 Å². The lowest BCUT2D eigenvalue weighted by Crippen LogP contribution is -2.25. The number of aromatic nitrogens is 2. The number of fused-ring (bicyclic) bond motifs is 2. The highest BCUT2D eigenvalue weighted by Gasteiger charge is 2.35. The van der Waals surface area contributed by atoms with Gasteiger partial charge in [-0.2, -0.15) is 13.2 Å². The number of nitrogens with zero attached hydrogens (tertiary/aromatic N) is 2. The number of pyridine rings is 1. The Morgan fingerprint density at radius 2 is 2.00 bits per heavy atom. The van der Waals surface area contributed by atoms with E-state index in [1.165, 1.54) is 0 Å². The van der Waals surface area contributed by atoms with E-state index in [1.807, 2.05) is 0 Å². The Kier molecular flexibility index (Phi) is 2.48. The summed E-state index contributed by atoms with van der Waals surface area (Å²) in [7, 11) is 0. The van der Waals surface area contributed by atoms with E-state index in [4.69, 9.17) is 5.41 Å². The molecule has 1 N–H and O–H groups in total. The zero-order valence-electron chi connectivity index (χ0n) is 9.83. The van der Waals surface area contributed by atoms with Gasteiger partial charge in [0.05, 0.1) is 5.69 Å². The second-order valence-electron chi connectivity index (χ2n) is 4.42. The number of hydrogen-bond acceptors (Lipinski definition) is 2. The van der Waals surface area contributed by atoms with Gasteiger partial charge in [-0.05, 0) is 31.1 Å². The van der Waals surface area contributed by atoms with Crippen LogP contribution in [0, 0.1) is 5.41 Å². The topological polar surface area (TPSA) is 41.2 Å². The molecule has 6 heteroatoms. The summed E-state index contributed by atoms with van der Waals surface area (Å²) >= 11 is 0. The van der Waals surface area contributed by atoms with Gasteiger partial charge in [0, 0.05) is 17.3 Å². The van der Waals surface area contributed by atoms with E-state index < -0.39 is 11.7 Å². The van der Waals surface area contributed by atoms with E-state index in [0.717, 1.165) is 6.08 Å². The SMILES string of the molecule is N=c1c2c(nc3ccccn13)C=C(C(F)(F)F)CC2. The van der Waals surface area contributed by atoms with Crippen molar-refractivity contribution in [1.82, 2.24) is 9.38 Å². The molecular formula is C13H10F3N3. The maximum atomic E-state index is 12.7. The van der Waals surface area contributed by atoms with Crippen molar-refractivity contribution in [2.24, 2.45) is 0 Å². The monoisotopic (exact) mass is 265 g/mol. The van der Waals surface area contributed by atoms with Crippen LogP contribution >= 0.6 is 0 Å². The van der Waals surface area contributed by atoms with Crippen molar-refractivity contribution < 1.29 is 13.2 Å². The van der Waals surface area contributed by atoms with Crippen molar-refractivity contribution in [2.45, 2.75) is 19.0 Å². The van der Waals surface area contributed by atoms with Crippen LogP contribution in [0.1, 0.15) is 17.7 Å². The molecule has 0 fully saturated rings. The minimum absolute atomic E-state index is 0.0943. The molecule has 3 rings (SSSR count). The highest BCUT2D eigenvalue weighted by atomic mass is 19.4. The molecule has 0 atom stereocenters. The smallest absolute Gasteiger partial charge is 0.286 e. The van der Waals surface area contributed by atoms with E-state index in [1.54, 1.807) is 28.8 Å². The first-order valence-electron chi connectivity index (χ1n) is 5.79. The number of rotatable bonds is 0. The lowest BCUT2D eigenvalue weighted by atomic mass is 9.96. The summed E-state index contributed by atoms with van der Waals surface area (Å²) < 4.78 is 39.7. The Bertz CT molecular complexity index is 741. The van der Waals surface area contributed by atoms with E-state index >= 15 is 0 Å². The van der Waals surface area contributed by atoms with Gasteiger partial charge in [0.1, 0.15) is 11.1 Å². The average Bonchev–Trinajstić information content (AvgIpc) is 2.37. The Balaban J connectivity index is 2.27. The first kappa shape index (κ1) is 12.0. The van der Waals surface area contributed by atoms with E-state index in [0.29, 0.717) is 11.2 Å². The highest BCUT2D eigenvalue weighted by molar-refractivity contribution is 5.59. The van der Waals surface area contributed by atoms with Gasteiger partial charge < -0.3 is 0 Å². The minimum Gasteiger partial charge on any atom is -0.286 e. The van der Waals surface area contributed by atoms with Crippen LogP contribution in [0.15, 0.2) is 30.0 Å². The Hall–Kier alpha value is -2.11. The Morgan fingerprint density at radius 3 is 2.74 bits per heavy atom. The van der Waals surface area contributed by atoms with Gasteiger partial charge in [-0.3, -0.25) is 9.81 Å². The van der Waals surface area contributed by atoms with Crippen molar-refractivity contribution in [2.75, 3.05) is 0 Å². The van der Waals surface area contributed by atoms with Crippen LogP contribution in [-0.2, 0) is 6.42 Å². The number of allylic oxidation sites excluding steroid dienone is 1. The molecule has 2 heterocycles. The van der Waals surface area contributed by atoms with Crippen LogP contribution < -0.4 is 5.49 Å². The van der Waals surface area contributed by atoms with Crippen LogP contribution in [-0.4, -0.2) is 15.6 Å². The number of nitrogens with one attached hydrogen (secondary N) is 1. The Morgan fingerprint density at radius 1 is 1.21 bits per heavy atom. The molecule has 3 nitrogen and oxygen atoms in total. The molecule has 0 aliphatic heterocycles. The second kappa shape index (κ2) is 3.94. The summed E-state index contributed by atoms with van der Waals surface area (Å²) in [6.07, 6.45) is -1.47. The molecular weight excluding hydrogens is 255 g/mol. The molecule has 98 valence electrons. The van der Waals surface area contributed by atoms with Gasteiger partial charge in [0.15, 0.2) is 0 Å². The van der Waals surface area contributed by atoms with Gasteiger partial charge in [0.25, 0.3) is 0 Å². The van der Waals surface area contributed by atoms with Crippen molar-refractivity contribution in [1.29, 1.82) is 5.41 Å². The van der Waals surface area contributed by atoms with Gasteiger partial charge in [-0.25, -0.2) is 4.98 Å². The van der Waals surface area contributed by atoms with Crippen LogP contribution in [0.5, 0.6) is 0 Å². The molecule has 1 aliphatic rings. The number of alkyl halides is 3. The molecule has 2 aromatic heterocycles. The average molecular weight is 265 g/mol. The largest absolute Gasteiger partial charge is 0.412 e. The summed E-state index contributed by atoms with van der Waals surface area (Å²) in [4.78, 5) is 4.21. The lowest BCUT2D eigenvalue weighted by Gasteiger charge is -2.18. The summed E-state index contributed by atoms with van der Waals surface area (Å²) in [5.41, 5.74) is 0.933. The summed E-state index contributed by atoms with van der Waals surface area (Å²) in [6, 6.07) is 5.18. The fraction of sp³-hybridized carbons (Fsp3) is 0.231. The quantitative estimate of drug-likeness (QED) is 0.781. The second-order valence-corrected chi connectivity index (χ2v) is 4.42. The third kappa shape index (κ3) is 1.93. The van der Waals surface area contributed by atoms with Gasteiger partial charge in [0.2, 0.25) is 0 Å². The zero-order chi connectivity index (χ0) is 13.6. The molecule has 0 saturated heterocycles. The molecule has 0 saturated carbocycles. The molecule has 0 amide bonds. The van der Waals surface area contributed by atoms with Crippen molar-refractivity contribution in [3.8, 4) is 0 Å². The summed E-state index contributed by atoms with van der Waals surface area (Å²) in [6.45, 7) is 0. The molecule has 2 aromatic rings. The third-order valence-electron chi connectivity index (χ3n) is 3.23. The van der Waals surface area contributed by atoms with Crippen LogP contribution in [0.4, 0.5) is 13.2 Å². The van der Waals surface area contributed by atoms with Gasteiger partial charge in [-0.15, -0.1) is 0 Å². The fourth-order valence-corrected chi connectivity index (χ4v) is 2.26. The predicted molar refractivity (Wildman–Crippen MR) is 63.4 cm³/mol.